The van der Waals surface area contributed by atoms with Gasteiger partial charge in [-0.05, 0) is 31.6 Å². The molecule has 0 saturated carbocycles. The van der Waals surface area contributed by atoms with Crippen molar-refractivity contribution in [2.75, 3.05) is 13.2 Å². The molecule has 0 spiro atoms. The lowest BCUT2D eigenvalue weighted by Crippen LogP contribution is -2.16. The summed E-state index contributed by atoms with van der Waals surface area (Å²) in [6.45, 7) is 1.88. The highest BCUT2D eigenvalue weighted by atomic mass is 16.5. The molecule has 0 aromatic rings. The van der Waals surface area contributed by atoms with Crippen molar-refractivity contribution >= 4 is 6.29 Å². The Morgan fingerprint density at radius 3 is 3.00 bits per heavy atom. The van der Waals surface area contributed by atoms with Crippen molar-refractivity contribution in [3.05, 3.63) is 0 Å². The second-order valence-corrected chi connectivity index (χ2v) is 3.47. The zero-order chi connectivity index (χ0) is 8.65. The molecule has 1 atom stereocenters. The van der Waals surface area contributed by atoms with Crippen LogP contribution >= 0.6 is 0 Å². The maximum Gasteiger partial charge on any atom is 0.198 e. The lowest BCUT2D eigenvalue weighted by atomic mass is 9.96. The number of carbonyl (C=O) groups excluding carboxylic acids is 1. The summed E-state index contributed by atoms with van der Waals surface area (Å²) in [5.74, 6) is 0.755. The number of ether oxygens (including phenoxy) is 1. The Bertz CT molecular complexity index is 117. The first kappa shape index (κ1) is 9.72. The Morgan fingerprint density at radius 1 is 1.42 bits per heavy atom. The first-order chi connectivity index (χ1) is 5.93. The van der Waals surface area contributed by atoms with E-state index in [2.05, 4.69) is 0 Å². The molecule has 1 rings (SSSR count). The highest BCUT2D eigenvalue weighted by Crippen LogP contribution is 2.19. The van der Waals surface area contributed by atoms with Crippen LogP contribution in [0.5, 0.6) is 0 Å². The van der Waals surface area contributed by atoms with Crippen molar-refractivity contribution in [1.29, 1.82) is 0 Å². The van der Waals surface area contributed by atoms with Crippen LogP contribution in [-0.4, -0.2) is 19.5 Å². The van der Waals surface area contributed by atoms with Gasteiger partial charge in [0.15, 0.2) is 6.29 Å². The van der Waals surface area contributed by atoms with Gasteiger partial charge in [-0.2, -0.15) is 0 Å². The normalized spacial score (nSPS) is 23.8. The van der Waals surface area contributed by atoms with Gasteiger partial charge in [0.1, 0.15) is 0 Å². The first-order valence-corrected chi connectivity index (χ1v) is 4.86. The molecule has 0 amide bonds. The van der Waals surface area contributed by atoms with Gasteiger partial charge in [-0.3, -0.25) is 4.79 Å². The molecule has 1 aliphatic heterocycles. The van der Waals surface area contributed by atoms with Crippen molar-refractivity contribution in [3.8, 4) is 0 Å². The smallest absolute Gasteiger partial charge is 0.198 e. The summed E-state index contributed by atoms with van der Waals surface area (Å²) in [6, 6.07) is 0. The molecule has 2 nitrogen and oxygen atoms in total. The van der Waals surface area contributed by atoms with Crippen LogP contribution in [0.4, 0.5) is 0 Å². The van der Waals surface area contributed by atoms with Crippen molar-refractivity contribution in [2.24, 2.45) is 5.92 Å². The maximum absolute atomic E-state index is 9.91. The van der Waals surface area contributed by atoms with Crippen molar-refractivity contribution < 1.29 is 9.53 Å². The second-order valence-electron chi connectivity index (χ2n) is 3.47. The van der Waals surface area contributed by atoms with Gasteiger partial charge in [0.25, 0.3) is 0 Å². The topological polar surface area (TPSA) is 26.3 Å². The lowest BCUT2D eigenvalue weighted by molar-refractivity contribution is 0.0508. The van der Waals surface area contributed by atoms with E-state index in [1.54, 1.807) is 0 Å². The third kappa shape index (κ3) is 3.86. The Morgan fingerprint density at radius 2 is 2.33 bits per heavy atom. The summed E-state index contributed by atoms with van der Waals surface area (Å²) in [6.07, 6.45) is 8.43. The predicted octanol–water partition coefficient (Wildman–Crippen LogP) is 2.08. The van der Waals surface area contributed by atoms with E-state index in [0.717, 1.165) is 32.0 Å². The van der Waals surface area contributed by atoms with E-state index in [0.29, 0.717) is 6.42 Å². The number of hydrogen-bond donors (Lipinski definition) is 0. The summed E-state index contributed by atoms with van der Waals surface area (Å²) >= 11 is 0. The molecular weight excluding hydrogens is 152 g/mol. The number of rotatable bonds is 5. The van der Waals surface area contributed by atoms with E-state index in [4.69, 9.17) is 4.74 Å². The van der Waals surface area contributed by atoms with Gasteiger partial charge >= 0.3 is 0 Å². The van der Waals surface area contributed by atoms with Crippen LogP contribution in [0, 0.1) is 5.92 Å². The second kappa shape index (κ2) is 6.18. The van der Waals surface area contributed by atoms with E-state index in [-0.39, 0.29) is 0 Å². The third-order valence-electron chi connectivity index (χ3n) is 2.40. The number of hydrogen-bond acceptors (Lipinski definition) is 2. The van der Waals surface area contributed by atoms with Gasteiger partial charge in [0.05, 0.1) is 0 Å². The molecule has 0 aromatic heterocycles. The van der Waals surface area contributed by atoms with Crippen LogP contribution < -0.4 is 0 Å². The molecular formula is C10H17O2. The Labute approximate surface area is 74.3 Å². The minimum absolute atomic E-state index is 0.605. The fourth-order valence-electron chi connectivity index (χ4n) is 1.67. The number of unbranched alkanes of at least 4 members (excludes halogenated alkanes) is 2. The Hall–Kier alpha value is -0.370. The van der Waals surface area contributed by atoms with Crippen LogP contribution in [0.2, 0.25) is 0 Å². The van der Waals surface area contributed by atoms with Crippen LogP contribution in [0.25, 0.3) is 0 Å². The van der Waals surface area contributed by atoms with Crippen molar-refractivity contribution in [2.45, 2.75) is 38.5 Å². The minimum atomic E-state index is 0.605. The Balaban J connectivity index is 1.94. The quantitative estimate of drug-likeness (QED) is 0.589. The molecule has 1 saturated heterocycles. The summed E-state index contributed by atoms with van der Waals surface area (Å²) in [5.41, 5.74) is 0. The molecule has 69 valence electrons. The fourth-order valence-corrected chi connectivity index (χ4v) is 1.67. The monoisotopic (exact) mass is 169 g/mol. The predicted molar refractivity (Wildman–Crippen MR) is 47.7 cm³/mol. The van der Waals surface area contributed by atoms with Gasteiger partial charge in [-0.1, -0.05) is 6.42 Å². The van der Waals surface area contributed by atoms with Crippen LogP contribution in [0.15, 0.2) is 0 Å². The lowest BCUT2D eigenvalue weighted by Gasteiger charge is -2.21. The highest BCUT2D eigenvalue weighted by Gasteiger charge is 2.12. The molecule has 1 fully saturated rings. The Kier molecular flexibility index (Phi) is 5.00. The minimum Gasteiger partial charge on any atom is -0.381 e. The summed E-state index contributed by atoms with van der Waals surface area (Å²) in [4.78, 5) is 9.91. The summed E-state index contributed by atoms with van der Waals surface area (Å²) in [7, 11) is 0. The molecule has 12 heavy (non-hydrogen) atoms. The molecule has 1 unspecified atom stereocenters. The zero-order valence-electron chi connectivity index (χ0n) is 7.55. The molecule has 2 heteroatoms. The van der Waals surface area contributed by atoms with Crippen LogP contribution in [-0.2, 0) is 9.53 Å². The van der Waals surface area contributed by atoms with E-state index in [1.165, 1.54) is 19.3 Å². The molecule has 1 heterocycles. The van der Waals surface area contributed by atoms with E-state index >= 15 is 0 Å². The SMILES string of the molecule is O=[C]CCCCC1CCCOC1. The summed E-state index contributed by atoms with van der Waals surface area (Å²) in [5, 5.41) is 0. The average molecular weight is 169 g/mol. The molecule has 0 aliphatic carbocycles. The molecule has 0 N–H and O–H groups in total. The standard InChI is InChI=1S/C10H17O2/c11-7-3-1-2-5-10-6-4-8-12-9-10/h10H,1-6,8-9H2. The highest BCUT2D eigenvalue weighted by molar-refractivity contribution is 5.50. The van der Waals surface area contributed by atoms with E-state index in [1.807, 2.05) is 6.29 Å². The molecule has 1 aliphatic rings. The van der Waals surface area contributed by atoms with Crippen molar-refractivity contribution in [3.63, 3.8) is 0 Å². The molecule has 0 aromatic carbocycles. The molecule has 0 bridgehead atoms. The fraction of sp³-hybridized carbons (Fsp3) is 0.900. The van der Waals surface area contributed by atoms with E-state index in [9.17, 15) is 4.79 Å². The molecule has 1 radical (unpaired) electrons. The third-order valence-corrected chi connectivity index (χ3v) is 2.40. The summed E-state index contributed by atoms with van der Waals surface area (Å²) < 4.78 is 5.36. The maximum atomic E-state index is 9.91. The average Bonchev–Trinajstić information content (AvgIpc) is 2.14. The van der Waals surface area contributed by atoms with Gasteiger partial charge in [-0.15, -0.1) is 0 Å². The first-order valence-electron chi connectivity index (χ1n) is 4.86. The van der Waals surface area contributed by atoms with E-state index < -0.39 is 0 Å². The van der Waals surface area contributed by atoms with Crippen LogP contribution in [0.1, 0.15) is 38.5 Å². The van der Waals surface area contributed by atoms with Gasteiger partial charge in [0, 0.05) is 19.6 Å². The van der Waals surface area contributed by atoms with Crippen molar-refractivity contribution in [1.82, 2.24) is 0 Å². The van der Waals surface area contributed by atoms with Gasteiger partial charge in [0.2, 0.25) is 0 Å². The zero-order valence-corrected chi connectivity index (χ0v) is 7.55. The largest absolute Gasteiger partial charge is 0.381 e. The van der Waals surface area contributed by atoms with Crippen LogP contribution in [0.3, 0.4) is 0 Å². The van der Waals surface area contributed by atoms with Gasteiger partial charge in [-0.25, -0.2) is 0 Å². The van der Waals surface area contributed by atoms with Gasteiger partial charge < -0.3 is 4.74 Å².